The van der Waals surface area contributed by atoms with Crippen LogP contribution >= 0.6 is 0 Å². The summed E-state index contributed by atoms with van der Waals surface area (Å²) in [7, 11) is -3.35. The molecule has 6 nitrogen and oxygen atoms in total. The summed E-state index contributed by atoms with van der Waals surface area (Å²) in [5.74, 6) is 0.143. The number of ether oxygens (including phenoxy) is 1. The van der Waals surface area contributed by atoms with Crippen molar-refractivity contribution in [2.24, 2.45) is 5.92 Å². The van der Waals surface area contributed by atoms with Crippen LogP contribution in [-0.2, 0) is 25.3 Å². The average molecular weight is 381 g/mol. The molecule has 0 N–H and O–H groups in total. The molecule has 2 aliphatic heterocycles. The molecule has 1 amide bonds. The Labute approximate surface area is 156 Å². The van der Waals surface area contributed by atoms with E-state index in [0.717, 1.165) is 18.4 Å². The zero-order valence-electron chi connectivity index (χ0n) is 15.5. The SMILES string of the molecule is C[C@@H]1CC(C(=O)N2CCN(S(=O)(=O)Cc3ccccc3)CC2)C[C@H](C)O1. The van der Waals surface area contributed by atoms with E-state index in [1.165, 1.54) is 4.31 Å². The van der Waals surface area contributed by atoms with E-state index in [4.69, 9.17) is 4.74 Å². The van der Waals surface area contributed by atoms with Crippen molar-refractivity contribution in [1.29, 1.82) is 0 Å². The van der Waals surface area contributed by atoms with Gasteiger partial charge in [0.05, 0.1) is 18.0 Å². The Morgan fingerprint density at radius 1 is 1.04 bits per heavy atom. The third-order valence-electron chi connectivity index (χ3n) is 5.18. The number of sulfonamides is 1. The van der Waals surface area contributed by atoms with Crippen LogP contribution in [0.5, 0.6) is 0 Å². The highest BCUT2D eigenvalue weighted by molar-refractivity contribution is 7.88. The van der Waals surface area contributed by atoms with Gasteiger partial charge in [0.2, 0.25) is 15.9 Å². The van der Waals surface area contributed by atoms with E-state index in [-0.39, 0.29) is 29.8 Å². The van der Waals surface area contributed by atoms with Gasteiger partial charge in [-0.1, -0.05) is 30.3 Å². The summed E-state index contributed by atoms with van der Waals surface area (Å²) in [5.41, 5.74) is 0.788. The van der Waals surface area contributed by atoms with Gasteiger partial charge in [-0.3, -0.25) is 4.79 Å². The number of amides is 1. The predicted molar refractivity (Wildman–Crippen MR) is 100.0 cm³/mol. The molecule has 0 spiro atoms. The Hall–Kier alpha value is -1.44. The maximum Gasteiger partial charge on any atom is 0.225 e. The van der Waals surface area contributed by atoms with Crippen LogP contribution in [0.2, 0.25) is 0 Å². The Bertz CT molecular complexity index is 704. The Morgan fingerprint density at radius 2 is 1.62 bits per heavy atom. The van der Waals surface area contributed by atoms with Crippen molar-refractivity contribution < 1.29 is 17.9 Å². The molecule has 1 unspecified atom stereocenters. The molecule has 2 fully saturated rings. The summed E-state index contributed by atoms with van der Waals surface area (Å²) in [5, 5.41) is 0. The summed E-state index contributed by atoms with van der Waals surface area (Å²) >= 11 is 0. The molecule has 2 aliphatic rings. The minimum absolute atomic E-state index is 0.0107. The van der Waals surface area contributed by atoms with Gasteiger partial charge in [-0.15, -0.1) is 0 Å². The quantitative estimate of drug-likeness (QED) is 0.800. The lowest BCUT2D eigenvalue weighted by molar-refractivity contribution is -0.144. The molecule has 3 atom stereocenters. The first kappa shape index (κ1) is 19.3. The van der Waals surface area contributed by atoms with Gasteiger partial charge in [0.25, 0.3) is 0 Å². The number of nitrogens with zero attached hydrogens (tertiary/aromatic N) is 2. The molecule has 2 saturated heterocycles. The number of carbonyl (C=O) groups is 1. The molecule has 0 aromatic heterocycles. The zero-order chi connectivity index (χ0) is 18.7. The molecule has 0 radical (unpaired) electrons. The molecule has 3 rings (SSSR count). The minimum atomic E-state index is -3.35. The minimum Gasteiger partial charge on any atom is -0.376 e. The van der Waals surface area contributed by atoms with Crippen LogP contribution in [0.25, 0.3) is 0 Å². The normalized spacial score (nSPS) is 28.1. The first-order valence-corrected chi connectivity index (χ1v) is 10.9. The Kier molecular flexibility index (Phi) is 5.99. The van der Waals surface area contributed by atoms with Crippen LogP contribution in [0.3, 0.4) is 0 Å². The van der Waals surface area contributed by atoms with Gasteiger partial charge >= 0.3 is 0 Å². The van der Waals surface area contributed by atoms with Gasteiger partial charge in [0.1, 0.15) is 0 Å². The summed E-state index contributed by atoms with van der Waals surface area (Å²) in [6.45, 7) is 5.68. The van der Waals surface area contributed by atoms with Gasteiger partial charge in [-0.25, -0.2) is 8.42 Å². The lowest BCUT2D eigenvalue weighted by Gasteiger charge is -2.38. The predicted octanol–water partition coefficient (Wildman–Crippen LogP) is 1.86. The van der Waals surface area contributed by atoms with Crippen molar-refractivity contribution in [2.75, 3.05) is 26.2 Å². The lowest BCUT2D eigenvalue weighted by Crippen LogP contribution is -2.53. The molecule has 0 bridgehead atoms. The molecule has 1 aromatic carbocycles. The maximum absolute atomic E-state index is 12.8. The van der Waals surface area contributed by atoms with Gasteiger partial charge in [0, 0.05) is 32.1 Å². The highest BCUT2D eigenvalue weighted by Gasteiger charge is 2.35. The molecular weight excluding hydrogens is 352 g/mol. The van der Waals surface area contributed by atoms with Crippen molar-refractivity contribution in [3.05, 3.63) is 35.9 Å². The molecule has 2 heterocycles. The fraction of sp³-hybridized carbons (Fsp3) is 0.632. The van der Waals surface area contributed by atoms with Crippen LogP contribution in [0.15, 0.2) is 30.3 Å². The zero-order valence-corrected chi connectivity index (χ0v) is 16.3. The molecule has 0 saturated carbocycles. The van der Waals surface area contributed by atoms with E-state index in [2.05, 4.69) is 0 Å². The van der Waals surface area contributed by atoms with Crippen molar-refractivity contribution in [1.82, 2.24) is 9.21 Å². The van der Waals surface area contributed by atoms with E-state index in [9.17, 15) is 13.2 Å². The molecule has 7 heteroatoms. The first-order valence-electron chi connectivity index (χ1n) is 9.31. The second kappa shape index (κ2) is 8.06. The average Bonchev–Trinajstić information content (AvgIpc) is 2.61. The van der Waals surface area contributed by atoms with Gasteiger partial charge in [-0.05, 0) is 32.3 Å². The summed E-state index contributed by atoms with van der Waals surface area (Å²) in [4.78, 5) is 14.6. The number of carbonyl (C=O) groups excluding carboxylic acids is 1. The molecular formula is C19H28N2O4S. The number of rotatable bonds is 4. The van der Waals surface area contributed by atoms with Crippen LogP contribution in [0.4, 0.5) is 0 Å². The standard InChI is InChI=1S/C19H28N2O4S/c1-15-12-18(13-16(2)25-15)19(22)20-8-10-21(11-9-20)26(23,24)14-17-6-4-3-5-7-17/h3-7,15-16,18H,8-14H2,1-2H3/t15-,16+,18?. The van der Waals surface area contributed by atoms with Crippen LogP contribution in [0.1, 0.15) is 32.3 Å². The van der Waals surface area contributed by atoms with Gasteiger partial charge in [0.15, 0.2) is 0 Å². The van der Waals surface area contributed by atoms with E-state index in [0.29, 0.717) is 26.2 Å². The van der Waals surface area contributed by atoms with Crippen LogP contribution in [-0.4, -0.2) is 61.9 Å². The molecule has 1 aromatic rings. The number of benzene rings is 1. The molecule has 0 aliphatic carbocycles. The highest BCUT2D eigenvalue weighted by Crippen LogP contribution is 2.27. The molecule has 26 heavy (non-hydrogen) atoms. The fourth-order valence-electron chi connectivity index (χ4n) is 3.93. The third-order valence-corrected chi connectivity index (χ3v) is 7.03. The Morgan fingerprint density at radius 3 is 2.19 bits per heavy atom. The first-order chi connectivity index (χ1) is 12.3. The topological polar surface area (TPSA) is 66.9 Å². The van der Waals surface area contributed by atoms with Crippen molar-refractivity contribution in [3.8, 4) is 0 Å². The number of hydrogen-bond donors (Lipinski definition) is 0. The van der Waals surface area contributed by atoms with Gasteiger partial charge in [-0.2, -0.15) is 4.31 Å². The fourth-order valence-corrected chi connectivity index (χ4v) is 5.44. The summed E-state index contributed by atoms with van der Waals surface area (Å²) in [6, 6.07) is 9.21. The van der Waals surface area contributed by atoms with Gasteiger partial charge < -0.3 is 9.64 Å². The highest BCUT2D eigenvalue weighted by atomic mass is 32.2. The second-order valence-electron chi connectivity index (χ2n) is 7.39. The van der Waals surface area contributed by atoms with Crippen molar-refractivity contribution >= 4 is 15.9 Å². The summed E-state index contributed by atoms with van der Waals surface area (Å²) < 4.78 is 32.5. The lowest BCUT2D eigenvalue weighted by atomic mass is 9.91. The van der Waals surface area contributed by atoms with Crippen molar-refractivity contribution in [2.45, 2.75) is 44.6 Å². The number of hydrogen-bond acceptors (Lipinski definition) is 4. The Balaban J connectivity index is 1.56. The van der Waals surface area contributed by atoms with Crippen LogP contribution < -0.4 is 0 Å². The van der Waals surface area contributed by atoms with E-state index in [1.54, 1.807) is 0 Å². The van der Waals surface area contributed by atoms with Crippen molar-refractivity contribution in [3.63, 3.8) is 0 Å². The third kappa shape index (κ3) is 4.64. The number of piperazine rings is 1. The summed E-state index contributed by atoms with van der Waals surface area (Å²) in [6.07, 6.45) is 1.69. The smallest absolute Gasteiger partial charge is 0.225 e. The van der Waals surface area contributed by atoms with Crippen LogP contribution in [0, 0.1) is 5.92 Å². The maximum atomic E-state index is 12.8. The van der Waals surface area contributed by atoms with E-state index in [1.807, 2.05) is 49.1 Å². The molecule has 144 valence electrons. The van der Waals surface area contributed by atoms with E-state index < -0.39 is 10.0 Å². The second-order valence-corrected chi connectivity index (χ2v) is 9.36. The van der Waals surface area contributed by atoms with E-state index >= 15 is 0 Å². The largest absolute Gasteiger partial charge is 0.376 e. The monoisotopic (exact) mass is 380 g/mol.